The number of ether oxygens (including phenoxy) is 1. The van der Waals surface area contributed by atoms with Gasteiger partial charge in [0.05, 0.1) is 27.5 Å². The summed E-state index contributed by atoms with van der Waals surface area (Å²) in [5.41, 5.74) is 0.623. The Labute approximate surface area is 171 Å². The van der Waals surface area contributed by atoms with Crippen LogP contribution in [0.15, 0.2) is 29.0 Å². The van der Waals surface area contributed by atoms with E-state index in [4.69, 9.17) is 4.74 Å². The van der Waals surface area contributed by atoms with Gasteiger partial charge in [0.25, 0.3) is 0 Å². The molecule has 1 aromatic carbocycles. The summed E-state index contributed by atoms with van der Waals surface area (Å²) in [4.78, 5) is 16.5. The lowest BCUT2D eigenvalue weighted by atomic mass is 10.3. The zero-order valence-electron chi connectivity index (χ0n) is 11.9. The summed E-state index contributed by atoms with van der Waals surface area (Å²) in [7, 11) is 1.57. The zero-order chi connectivity index (χ0) is 17.0. The Kier molecular flexibility index (Phi) is 7.67. The van der Waals surface area contributed by atoms with E-state index in [1.807, 2.05) is 12.3 Å². The summed E-state index contributed by atoms with van der Waals surface area (Å²) >= 11 is 14.4. The highest BCUT2D eigenvalue weighted by atomic mass is 79.9. The molecule has 23 heavy (non-hydrogen) atoms. The van der Waals surface area contributed by atoms with E-state index in [9.17, 15) is 4.79 Å². The summed E-state index contributed by atoms with van der Waals surface area (Å²) in [6.07, 6.45) is 1.92. The first-order chi connectivity index (χ1) is 11.0. The molecule has 0 aliphatic carbocycles. The number of methoxy groups -OCH3 is 1. The number of carbonyl (C=O) groups is 1. The van der Waals surface area contributed by atoms with E-state index in [1.165, 1.54) is 35.1 Å². The average molecular weight is 564 g/mol. The van der Waals surface area contributed by atoms with Crippen LogP contribution in [0.5, 0.6) is 5.75 Å². The molecule has 0 saturated carbocycles. The SMILES string of the molecule is COc1c(Br)cc(Br)c(NC(=O)CSc2nc(SC)ns2)c1Br. The van der Waals surface area contributed by atoms with E-state index in [-0.39, 0.29) is 11.7 Å². The molecule has 2 aromatic rings. The molecule has 0 saturated heterocycles. The maximum absolute atomic E-state index is 12.2. The standard InChI is InChI=1S/C12H10Br3N3O2S3/c1-20-10-6(14)3-5(13)9(8(10)15)16-7(19)4-22-12-17-11(21-2)18-23-12/h3H,4H2,1-2H3,(H,16,19). The van der Waals surface area contributed by atoms with Crippen LogP contribution in [-0.2, 0) is 4.79 Å². The molecule has 11 heteroatoms. The number of hydrogen-bond acceptors (Lipinski definition) is 7. The topological polar surface area (TPSA) is 64.1 Å². The predicted octanol–water partition coefficient (Wildman–Crippen LogP) is 5.29. The van der Waals surface area contributed by atoms with Crippen LogP contribution in [0.1, 0.15) is 0 Å². The first-order valence-electron chi connectivity index (χ1n) is 5.98. The van der Waals surface area contributed by atoms with Crippen LogP contribution in [0.25, 0.3) is 0 Å². The highest BCUT2D eigenvalue weighted by Gasteiger charge is 2.17. The lowest BCUT2D eigenvalue weighted by molar-refractivity contribution is -0.113. The van der Waals surface area contributed by atoms with Gasteiger partial charge in [-0.25, -0.2) is 4.98 Å². The van der Waals surface area contributed by atoms with Crippen LogP contribution in [0.4, 0.5) is 5.69 Å². The number of amides is 1. The smallest absolute Gasteiger partial charge is 0.234 e. The highest BCUT2D eigenvalue weighted by molar-refractivity contribution is 9.11. The van der Waals surface area contributed by atoms with Gasteiger partial charge in [-0.2, -0.15) is 4.37 Å². The molecular formula is C12H10Br3N3O2S3. The number of hydrogen-bond donors (Lipinski definition) is 1. The minimum Gasteiger partial charge on any atom is -0.494 e. The van der Waals surface area contributed by atoms with Crippen molar-refractivity contribution in [3.8, 4) is 5.75 Å². The number of benzene rings is 1. The van der Waals surface area contributed by atoms with Crippen LogP contribution in [0.3, 0.4) is 0 Å². The number of aromatic nitrogens is 2. The van der Waals surface area contributed by atoms with Crippen molar-refractivity contribution in [2.24, 2.45) is 0 Å². The molecule has 0 aliphatic rings. The molecule has 0 bridgehead atoms. The van der Waals surface area contributed by atoms with Crippen LogP contribution in [-0.4, -0.2) is 34.4 Å². The molecule has 1 aromatic heterocycles. The Bertz CT molecular complexity index is 727. The molecular weight excluding hydrogens is 554 g/mol. The van der Waals surface area contributed by atoms with Gasteiger partial charge in [0.15, 0.2) is 4.34 Å². The molecule has 0 radical (unpaired) electrons. The number of anilines is 1. The zero-order valence-corrected chi connectivity index (χ0v) is 19.1. The number of thioether (sulfide) groups is 2. The third-order valence-corrected chi connectivity index (χ3v) is 6.96. The van der Waals surface area contributed by atoms with E-state index in [1.54, 1.807) is 7.11 Å². The van der Waals surface area contributed by atoms with Gasteiger partial charge in [-0.3, -0.25) is 4.79 Å². The van der Waals surface area contributed by atoms with Crippen molar-refractivity contribution in [3.05, 3.63) is 19.5 Å². The molecule has 124 valence electrons. The van der Waals surface area contributed by atoms with Gasteiger partial charge in [-0.05, 0) is 71.6 Å². The highest BCUT2D eigenvalue weighted by Crippen LogP contribution is 2.43. The number of halogens is 3. The Morgan fingerprint density at radius 2 is 2.13 bits per heavy atom. The minimum atomic E-state index is -0.137. The third kappa shape index (κ3) is 5.08. The van der Waals surface area contributed by atoms with E-state index in [0.29, 0.717) is 15.9 Å². The second-order valence-electron chi connectivity index (χ2n) is 3.95. The Balaban J connectivity index is 2.05. The Morgan fingerprint density at radius 3 is 2.74 bits per heavy atom. The van der Waals surface area contributed by atoms with Gasteiger partial charge >= 0.3 is 0 Å². The fraction of sp³-hybridized carbons (Fsp3) is 0.250. The van der Waals surface area contributed by atoms with Crippen molar-refractivity contribution < 1.29 is 9.53 Å². The Morgan fingerprint density at radius 1 is 1.39 bits per heavy atom. The van der Waals surface area contributed by atoms with Gasteiger partial charge in [0, 0.05) is 4.47 Å². The van der Waals surface area contributed by atoms with Crippen LogP contribution in [0, 0.1) is 0 Å². The normalized spacial score (nSPS) is 10.7. The number of nitrogens with zero attached hydrogens (tertiary/aromatic N) is 2. The molecule has 5 nitrogen and oxygen atoms in total. The number of rotatable bonds is 6. The average Bonchev–Trinajstić information content (AvgIpc) is 2.98. The number of carbonyl (C=O) groups excluding carboxylic acids is 1. The Hall–Kier alpha value is 0.190. The molecule has 1 amide bonds. The summed E-state index contributed by atoms with van der Waals surface area (Å²) in [5, 5.41) is 3.59. The fourth-order valence-electron chi connectivity index (χ4n) is 1.52. The quantitative estimate of drug-likeness (QED) is 0.482. The van der Waals surface area contributed by atoms with Crippen molar-refractivity contribution in [2.75, 3.05) is 24.4 Å². The molecule has 0 fully saturated rings. The monoisotopic (exact) mass is 561 g/mol. The van der Waals surface area contributed by atoms with Gasteiger partial charge in [0.2, 0.25) is 11.1 Å². The largest absolute Gasteiger partial charge is 0.494 e. The van der Waals surface area contributed by atoms with Gasteiger partial charge in [0.1, 0.15) is 5.75 Å². The van der Waals surface area contributed by atoms with Crippen molar-refractivity contribution in [2.45, 2.75) is 9.50 Å². The van der Waals surface area contributed by atoms with Crippen molar-refractivity contribution in [1.82, 2.24) is 9.36 Å². The minimum absolute atomic E-state index is 0.137. The molecule has 0 spiro atoms. The van der Waals surface area contributed by atoms with Gasteiger partial charge in [-0.1, -0.05) is 23.5 Å². The van der Waals surface area contributed by atoms with Gasteiger partial charge in [-0.15, -0.1) is 0 Å². The number of nitrogens with one attached hydrogen (secondary N) is 1. The lowest BCUT2D eigenvalue weighted by Gasteiger charge is -2.14. The van der Waals surface area contributed by atoms with Crippen molar-refractivity contribution in [1.29, 1.82) is 0 Å². The van der Waals surface area contributed by atoms with Crippen LogP contribution >= 0.6 is 82.8 Å². The summed E-state index contributed by atoms with van der Waals surface area (Å²) in [5.74, 6) is 0.729. The maximum atomic E-state index is 12.2. The van der Waals surface area contributed by atoms with E-state index < -0.39 is 0 Å². The van der Waals surface area contributed by atoms with Crippen LogP contribution in [0.2, 0.25) is 0 Å². The van der Waals surface area contributed by atoms with Gasteiger partial charge < -0.3 is 10.1 Å². The van der Waals surface area contributed by atoms with Crippen molar-refractivity contribution in [3.63, 3.8) is 0 Å². The molecule has 1 N–H and O–H groups in total. The maximum Gasteiger partial charge on any atom is 0.234 e. The summed E-state index contributed by atoms with van der Waals surface area (Å²) in [6, 6.07) is 1.82. The first kappa shape index (κ1) is 19.5. The molecule has 1 heterocycles. The fourth-order valence-corrected chi connectivity index (χ4v) is 6.17. The van der Waals surface area contributed by atoms with E-state index in [0.717, 1.165) is 18.4 Å². The molecule has 2 rings (SSSR count). The second-order valence-corrected chi connectivity index (χ2v) is 9.20. The van der Waals surface area contributed by atoms with Crippen LogP contribution < -0.4 is 10.1 Å². The molecule has 0 unspecified atom stereocenters. The second kappa shape index (κ2) is 9.04. The van der Waals surface area contributed by atoms with Crippen molar-refractivity contribution >= 4 is 94.4 Å². The summed E-state index contributed by atoms with van der Waals surface area (Å²) < 4.78 is 12.4. The summed E-state index contributed by atoms with van der Waals surface area (Å²) in [6.45, 7) is 0. The first-order valence-corrected chi connectivity index (χ1v) is 11.3. The third-order valence-electron chi connectivity index (χ3n) is 2.49. The predicted molar refractivity (Wildman–Crippen MR) is 107 cm³/mol. The molecule has 0 atom stereocenters. The molecule has 0 aliphatic heterocycles. The van der Waals surface area contributed by atoms with E-state index >= 15 is 0 Å². The van der Waals surface area contributed by atoms with E-state index in [2.05, 4.69) is 62.5 Å². The lowest BCUT2D eigenvalue weighted by Crippen LogP contribution is -2.15.